The second-order valence-corrected chi connectivity index (χ2v) is 5.75. The zero-order valence-electron chi connectivity index (χ0n) is 10.5. The number of ether oxygens (including phenoxy) is 1. The maximum atomic E-state index is 10.7. The number of rotatable bonds is 6. The molecule has 1 aromatic carbocycles. The van der Waals surface area contributed by atoms with Gasteiger partial charge in [-0.3, -0.25) is 0 Å². The van der Waals surface area contributed by atoms with E-state index in [0.717, 1.165) is 15.3 Å². The SMILES string of the molecule is O=C(O)c1ccc(OCCSc2ncccc2Br)cc1. The van der Waals surface area contributed by atoms with Crippen LogP contribution in [0.15, 0.2) is 52.1 Å². The monoisotopic (exact) mass is 353 g/mol. The molecule has 4 nitrogen and oxygen atoms in total. The van der Waals surface area contributed by atoms with Gasteiger partial charge in [-0.15, -0.1) is 11.8 Å². The molecule has 0 saturated heterocycles. The van der Waals surface area contributed by atoms with Crippen molar-refractivity contribution in [3.8, 4) is 5.75 Å². The molecule has 0 radical (unpaired) electrons. The summed E-state index contributed by atoms with van der Waals surface area (Å²) in [5.74, 6) is 0.485. The van der Waals surface area contributed by atoms with Gasteiger partial charge in [0, 0.05) is 16.4 Å². The Hall–Kier alpha value is -1.53. The first-order chi connectivity index (χ1) is 9.66. The minimum Gasteiger partial charge on any atom is -0.493 e. The van der Waals surface area contributed by atoms with Crippen LogP contribution in [0.4, 0.5) is 0 Å². The van der Waals surface area contributed by atoms with Gasteiger partial charge in [0.1, 0.15) is 10.8 Å². The van der Waals surface area contributed by atoms with Crippen LogP contribution in [0, 0.1) is 0 Å². The van der Waals surface area contributed by atoms with Crippen LogP contribution >= 0.6 is 27.7 Å². The lowest BCUT2D eigenvalue weighted by Gasteiger charge is -2.06. The molecule has 2 rings (SSSR count). The Bertz CT molecular complexity index is 589. The quantitative estimate of drug-likeness (QED) is 0.633. The molecule has 0 saturated carbocycles. The predicted octanol–water partition coefficient (Wildman–Crippen LogP) is 3.71. The molecule has 0 bridgehead atoms. The summed E-state index contributed by atoms with van der Waals surface area (Å²) in [4.78, 5) is 15.0. The molecule has 0 aliphatic carbocycles. The first-order valence-electron chi connectivity index (χ1n) is 5.86. The molecule has 0 spiro atoms. The second kappa shape index (κ2) is 7.31. The van der Waals surface area contributed by atoms with Gasteiger partial charge >= 0.3 is 5.97 Å². The Morgan fingerprint density at radius 2 is 2.05 bits per heavy atom. The summed E-state index contributed by atoms with van der Waals surface area (Å²) in [5.41, 5.74) is 0.254. The van der Waals surface area contributed by atoms with E-state index in [4.69, 9.17) is 9.84 Å². The number of aromatic nitrogens is 1. The van der Waals surface area contributed by atoms with Crippen molar-refractivity contribution in [1.29, 1.82) is 0 Å². The van der Waals surface area contributed by atoms with Gasteiger partial charge in [0.05, 0.1) is 12.2 Å². The predicted molar refractivity (Wildman–Crippen MR) is 81.6 cm³/mol. The van der Waals surface area contributed by atoms with E-state index in [2.05, 4.69) is 20.9 Å². The number of halogens is 1. The molecular weight excluding hydrogens is 342 g/mol. The van der Waals surface area contributed by atoms with Crippen LogP contribution in [0.5, 0.6) is 5.75 Å². The van der Waals surface area contributed by atoms with Crippen molar-refractivity contribution >= 4 is 33.7 Å². The molecule has 0 fully saturated rings. The maximum Gasteiger partial charge on any atom is 0.335 e. The van der Waals surface area contributed by atoms with Crippen LogP contribution in [-0.4, -0.2) is 28.4 Å². The Kier molecular flexibility index (Phi) is 5.43. The number of carbonyl (C=O) groups is 1. The summed E-state index contributed by atoms with van der Waals surface area (Å²) < 4.78 is 6.51. The zero-order valence-corrected chi connectivity index (χ0v) is 12.9. The molecule has 0 atom stereocenters. The molecule has 1 aromatic heterocycles. The fourth-order valence-electron chi connectivity index (χ4n) is 1.47. The van der Waals surface area contributed by atoms with Gasteiger partial charge in [-0.25, -0.2) is 9.78 Å². The van der Waals surface area contributed by atoms with Crippen LogP contribution in [0.25, 0.3) is 0 Å². The first kappa shape index (κ1) is 14.9. The Morgan fingerprint density at radius 3 is 2.70 bits per heavy atom. The van der Waals surface area contributed by atoms with Crippen LogP contribution in [-0.2, 0) is 0 Å². The molecule has 0 unspecified atom stereocenters. The molecule has 104 valence electrons. The summed E-state index contributed by atoms with van der Waals surface area (Å²) in [6.45, 7) is 0.528. The number of nitrogens with zero attached hydrogens (tertiary/aromatic N) is 1. The number of hydrogen-bond acceptors (Lipinski definition) is 4. The average molecular weight is 354 g/mol. The number of carboxylic acids is 1. The smallest absolute Gasteiger partial charge is 0.335 e. The highest BCUT2D eigenvalue weighted by molar-refractivity contribution is 9.10. The Morgan fingerprint density at radius 1 is 1.30 bits per heavy atom. The summed E-state index contributed by atoms with van der Waals surface area (Å²) >= 11 is 5.03. The maximum absolute atomic E-state index is 10.7. The molecule has 0 amide bonds. The molecule has 0 aliphatic heterocycles. The van der Waals surface area contributed by atoms with E-state index in [0.29, 0.717) is 12.4 Å². The van der Waals surface area contributed by atoms with E-state index < -0.39 is 5.97 Å². The molecular formula is C14H12BrNO3S. The Balaban J connectivity index is 1.79. The lowest BCUT2D eigenvalue weighted by atomic mass is 10.2. The van der Waals surface area contributed by atoms with Crippen molar-refractivity contribution in [3.63, 3.8) is 0 Å². The fourth-order valence-corrected chi connectivity index (χ4v) is 2.77. The van der Waals surface area contributed by atoms with E-state index in [1.807, 2.05) is 12.1 Å². The largest absolute Gasteiger partial charge is 0.493 e. The van der Waals surface area contributed by atoms with Gasteiger partial charge in [-0.2, -0.15) is 0 Å². The van der Waals surface area contributed by atoms with Crippen molar-refractivity contribution < 1.29 is 14.6 Å². The van der Waals surface area contributed by atoms with Gasteiger partial charge in [0.2, 0.25) is 0 Å². The van der Waals surface area contributed by atoms with Gasteiger partial charge < -0.3 is 9.84 Å². The van der Waals surface area contributed by atoms with Crippen molar-refractivity contribution in [2.24, 2.45) is 0 Å². The lowest BCUT2D eigenvalue weighted by Crippen LogP contribution is -2.01. The third kappa shape index (κ3) is 4.25. The Labute approximate surface area is 129 Å². The topological polar surface area (TPSA) is 59.4 Å². The highest BCUT2D eigenvalue weighted by atomic mass is 79.9. The van der Waals surface area contributed by atoms with Crippen molar-refractivity contribution in [2.45, 2.75) is 5.03 Å². The lowest BCUT2D eigenvalue weighted by molar-refractivity contribution is 0.0697. The van der Waals surface area contributed by atoms with E-state index in [9.17, 15) is 4.79 Å². The highest BCUT2D eigenvalue weighted by Gasteiger charge is 2.03. The highest BCUT2D eigenvalue weighted by Crippen LogP contribution is 2.24. The van der Waals surface area contributed by atoms with Gasteiger partial charge in [0.25, 0.3) is 0 Å². The summed E-state index contributed by atoms with van der Waals surface area (Å²) in [5, 5.41) is 9.71. The number of benzene rings is 1. The molecule has 0 aliphatic rings. The van der Waals surface area contributed by atoms with Crippen LogP contribution in [0.1, 0.15) is 10.4 Å². The number of hydrogen-bond donors (Lipinski definition) is 1. The molecule has 6 heteroatoms. The minimum absolute atomic E-state index is 0.254. The van der Waals surface area contributed by atoms with E-state index in [1.54, 1.807) is 30.1 Å². The van der Waals surface area contributed by atoms with Crippen molar-refractivity contribution in [2.75, 3.05) is 12.4 Å². The number of pyridine rings is 1. The summed E-state index contributed by atoms with van der Waals surface area (Å²) in [6, 6.07) is 10.2. The van der Waals surface area contributed by atoms with Crippen LogP contribution in [0.2, 0.25) is 0 Å². The molecule has 20 heavy (non-hydrogen) atoms. The van der Waals surface area contributed by atoms with E-state index in [1.165, 1.54) is 12.1 Å². The van der Waals surface area contributed by atoms with Crippen molar-refractivity contribution in [1.82, 2.24) is 4.98 Å². The minimum atomic E-state index is -0.938. The van der Waals surface area contributed by atoms with Crippen LogP contribution in [0.3, 0.4) is 0 Å². The third-order valence-corrected chi connectivity index (χ3v) is 4.29. The molecule has 2 aromatic rings. The number of carboxylic acid groups (broad SMARTS) is 1. The first-order valence-corrected chi connectivity index (χ1v) is 7.64. The van der Waals surface area contributed by atoms with Gasteiger partial charge in [0.15, 0.2) is 0 Å². The number of aromatic carboxylic acids is 1. The number of thioether (sulfide) groups is 1. The summed E-state index contributed by atoms with van der Waals surface area (Å²) in [7, 11) is 0. The molecule has 1 N–H and O–H groups in total. The fraction of sp³-hybridized carbons (Fsp3) is 0.143. The van der Waals surface area contributed by atoms with Gasteiger partial charge in [-0.05, 0) is 52.3 Å². The van der Waals surface area contributed by atoms with Gasteiger partial charge in [-0.1, -0.05) is 0 Å². The normalized spacial score (nSPS) is 10.2. The third-order valence-electron chi connectivity index (χ3n) is 2.42. The van der Waals surface area contributed by atoms with E-state index >= 15 is 0 Å². The average Bonchev–Trinajstić information content (AvgIpc) is 2.46. The summed E-state index contributed by atoms with van der Waals surface area (Å²) in [6.07, 6.45) is 1.75. The standard InChI is InChI=1S/C14H12BrNO3S/c15-12-2-1-7-16-13(12)20-9-8-19-11-5-3-10(4-6-11)14(17)18/h1-7H,8-9H2,(H,17,18). The molecule has 1 heterocycles. The van der Waals surface area contributed by atoms with E-state index in [-0.39, 0.29) is 5.56 Å². The van der Waals surface area contributed by atoms with Crippen LogP contribution < -0.4 is 4.74 Å². The second-order valence-electron chi connectivity index (χ2n) is 3.82. The zero-order chi connectivity index (χ0) is 14.4. The van der Waals surface area contributed by atoms with Crippen molar-refractivity contribution in [3.05, 3.63) is 52.6 Å².